The molecule has 1 unspecified atom stereocenters. The lowest BCUT2D eigenvalue weighted by Gasteiger charge is -2.29. The van der Waals surface area contributed by atoms with Gasteiger partial charge in [0.05, 0.1) is 19.2 Å². The van der Waals surface area contributed by atoms with Crippen molar-refractivity contribution < 1.29 is 14.7 Å². The van der Waals surface area contributed by atoms with Gasteiger partial charge in [-0.2, -0.15) is 0 Å². The van der Waals surface area contributed by atoms with Crippen LogP contribution >= 0.6 is 0 Å². The number of hydrogen-bond donors (Lipinski definition) is 3. The third-order valence-corrected chi connectivity index (χ3v) is 1.86. The molecule has 0 spiro atoms. The van der Waals surface area contributed by atoms with Crippen LogP contribution < -0.4 is 10.6 Å². The number of aliphatic hydroxyl groups is 1. The molecule has 1 heterocycles. The highest BCUT2D eigenvalue weighted by Gasteiger charge is 2.28. The second kappa shape index (κ2) is 4.20. The lowest BCUT2D eigenvalue weighted by Crippen LogP contribution is -2.58. The zero-order chi connectivity index (χ0) is 9.84. The first-order chi connectivity index (χ1) is 6.15. The van der Waals surface area contributed by atoms with Gasteiger partial charge in [-0.1, -0.05) is 0 Å². The monoisotopic (exact) mass is 187 g/mol. The van der Waals surface area contributed by atoms with Gasteiger partial charge < -0.3 is 10.4 Å². The number of amides is 3. The van der Waals surface area contributed by atoms with E-state index in [9.17, 15) is 9.59 Å². The van der Waals surface area contributed by atoms with Crippen molar-refractivity contribution in [3.8, 4) is 0 Å². The topological polar surface area (TPSA) is 81.7 Å². The first-order valence-electron chi connectivity index (χ1n) is 4.06. The van der Waals surface area contributed by atoms with Gasteiger partial charge in [-0.25, -0.2) is 4.79 Å². The Bertz CT molecular complexity index is 201. The summed E-state index contributed by atoms with van der Waals surface area (Å²) in [6.07, 6.45) is -0.134. The maximum Gasteiger partial charge on any atom is 0.325 e. The minimum absolute atomic E-state index is 0.0175. The fourth-order valence-corrected chi connectivity index (χ4v) is 1.08. The standard InChI is InChI=1S/C7H13N3O3/c1-10-6(12)4-5(8-2-3-11)9-7(10)13/h5,8,11H,2-4H2,1H3,(H,9,13). The number of aliphatic hydroxyl groups excluding tert-OH is 1. The third-order valence-electron chi connectivity index (χ3n) is 1.86. The van der Waals surface area contributed by atoms with Crippen molar-refractivity contribution in [1.82, 2.24) is 15.5 Å². The Hall–Kier alpha value is -1.14. The maximum absolute atomic E-state index is 11.1. The highest BCUT2D eigenvalue weighted by atomic mass is 16.3. The largest absolute Gasteiger partial charge is 0.395 e. The van der Waals surface area contributed by atoms with Crippen LogP contribution in [-0.2, 0) is 4.79 Å². The normalized spacial score (nSPS) is 23.2. The molecule has 74 valence electrons. The highest BCUT2D eigenvalue weighted by molar-refractivity contribution is 5.96. The van der Waals surface area contributed by atoms with E-state index in [4.69, 9.17) is 5.11 Å². The predicted octanol–water partition coefficient (Wildman–Crippen LogP) is -1.53. The zero-order valence-corrected chi connectivity index (χ0v) is 7.41. The van der Waals surface area contributed by atoms with Crippen LogP contribution in [0.5, 0.6) is 0 Å². The summed E-state index contributed by atoms with van der Waals surface area (Å²) in [7, 11) is 1.43. The summed E-state index contributed by atoms with van der Waals surface area (Å²) < 4.78 is 0. The molecule has 1 rings (SSSR count). The molecule has 1 saturated heterocycles. The van der Waals surface area contributed by atoms with Gasteiger partial charge in [0.25, 0.3) is 0 Å². The smallest absolute Gasteiger partial charge is 0.325 e. The lowest BCUT2D eigenvalue weighted by molar-refractivity contribution is -0.129. The molecule has 0 aromatic heterocycles. The molecule has 1 atom stereocenters. The van der Waals surface area contributed by atoms with E-state index in [0.717, 1.165) is 4.90 Å². The average molecular weight is 187 g/mol. The number of nitrogens with one attached hydrogen (secondary N) is 2. The van der Waals surface area contributed by atoms with Gasteiger partial charge in [0.15, 0.2) is 0 Å². The summed E-state index contributed by atoms with van der Waals surface area (Å²) >= 11 is 0. The predicted molar refractivity (Wildman–Crippen MR) is 44.8 cm³/mol. The Kier molecular flexibility index (Phi) is 3.21. The number of carbonyl (C=O) groups is 2. The first kappa shape index (κ1) is 9.94. The Morgan fingerprint density at radius 2 is 2.38 bits per heavy atom. The van der Waals surface area contributed by atoms with E-state index in [1.54, 1.807) is 0 Å². The molecule has 0 bridgehead atoms. The van der Waals surface area contributed by atoms with E-state index in [1.807, 2.05) is 0 Å². The van der Waals surface area contributed by atoms with Gasteiger partial charge in [-0.15, -0.1) is 0 Å². The molecule has 6 heteroatoms. The fraction of sp³-hybridized carbons (Fsp3) is 0.714. The first-order valence-corrected chi connectivity index (χ1v) is 4.06. The van der Waals surface area contributed by atoms with E-state index in [0.29, 0.717) is 6.54 Å². The van der Waals surface area contributed by atoms with Crippen LogP contribution in [0.1, 0.15) is 6.42 Å². The number of nitrogens with zero attached hydrogens (tertiary/aromatic N) is 1. The van der Waals surface area contributed by atoms with Gasteiger partial charge in [-0.05, 0) is 0 Å². The van der Waals surface area contributed by atoms with E-state index >= 15 is 0 Å². The van der Waals surface area contributed by atoms with Crippen molar-refractivity contribution in [2.24, 2.45) is 0 Å². The Labute approximate surface area is 75.9 Å². The van der Waals surface area contributed by atoms with E-state index < -0.39 is 6.03 Å². The second-order valence-electron chi connectivity index (χ2n) is 2.84. The van der Waals surface area contributed by atoms with Crippen molar-refractivity contribution in [2.75, 3.05) is 20.2 Å². The number of rotatable bonds is 3. The summed E-state index contributed by atoms with van der Waals surface area (Å²) in [5, 5.41) is 13.9. The molecule has 3 amide bonds. The van der Waals surface area contributed by atoms with Crippen LogP contribution in [0.3, 0.4) is 0 Å². The summed E-state index contributed by atoms with van der Waals surface area (Å²) in [6, 6.07) is -0.410. The molecule has 0 aromatic carbocycles. The molecule has 13 heavy (non-hydrogen) atoms. The van der Waals surface area contributed by atoms with Crippen molar-refractivity contribution in [3.63, 3.8) is 0 Å². The molecule has 3 N–H and O–H groups in total. The van der Waals surface area contributed by atoms with Crippen LogP contribution in [0, 0.1) is 0 Å². The summed E-state index contributed by atoms with van der Waals surface area (Å²) in [4.78, 5) is 23.2. The van der Waals surface area contributed by atoms with Crippen LogP contribution in [0.4, 0.5) is 4.79 Å². The van der Waals surface area contributed by atoms with Crippen LogP contribution in [-0.4, -0.2) is 48.3 Å². The number of urea groups is 1. The fourth-order valence-electron chi connectivity index (χ4n) is 1.08. The molecule has 1 aliphatic heterocycles. The van der Waals surface area contributed by atoms with Crippen molar-refractivity contribution >= 4 is 11.9 Å². The van der Waals surface area contributed by atoms with Crippen molar-refractivity contribution in [1.29, 1.82) is 0 Å². The average Bonchev–Trinajstić information content (AvgIpc) is 2.10. The molecule has 0 aliphatic carbocycles. The lowest BCUT2D eigenvalue weighted by atomic mass is 10.2. The van der Waals surface area contributed by atoms with Gasteiger partial charge in [0.2, 0.25) is 5.91 Å². The maximum atomic E-state index is 11.1. The molecular weight excluding hydrogens is 174 g/mol. The SMILES string of the molecule is CN1C(=O)CC(NCCO)NC1=O. The van der Waals surface area contributed by atoms with E-state index in [-0.39, 0.29) is 25.1 Å². The quantitative estimate of drug-likeness (QED) is 0.500. The summed E-state index contributed by atoms with van der Waals surface area (Å²) in [6.45, 7) is 0.346. The molecule has 0 saturated carbocycles. The summed E-state index contributed by atoms with van der Waals surface area (Å²) in [5.41, 5.74) is 0. The molecule has 1 aliphatic rings. The Balaban J connectivity index is 2.44. The van der Waals surface area contributed by atoms with Gasteiger partial charge in [-0.3, -0.25) is 15.0 Å². The molecule has 0 radical (unpaired) electrons. The van der Waals surface area contributed by atoms with Gasteiger partial charge in [0.1, 0.15) is 0 Å². The number of hydrogen-bond acceptors (Lipinski definition) is 4. The van der Waals surface area contributed by atoms with Crippen LogP contribution in [0.25, 0.3) is 0 Å². The van der Waals surface area contributed by atoms with Gasteiger partial charge >= 0.3 is 6.03 Å². The summed E-state index contributed by atoms with van der Waals surface area (Å²) in [5.74, 6) is -0.223. The van der Waals surface area contributed by atoms with Crippen LogP contribution in [0.15, 0.2) is 0 Å². The molecule has 0 aromatic rings. The van der Waals surface area contributed by atoms with Crippen molar-refractivity contribution in [2.45, 2.75) is 12.6 Å². The van der Waals surface area contributed by atoms with Crippen LogP contribution in [0.2, 0.25) is 0 Å². The minimum atomic E-state index is -0.410. The van der Waals surface area contributed by atoms with Gasteiger partial charge in [0, 0.05) is 13.6 Å². The van der Waals surface area contributed by atoms with E-state index in [2.05, 4.69) is 10.6 Å². The highest BCUT2D eigenvalue weighted by Crippen LogP contribution is 2.02. The molecule has 6 nitrogen and oxygen atoms in total. The Morgan fingerprint density at radius 3 is 2.92 bits per heavy atom. The number of imide groups is 1. The zero-order valence-electron chi connectivity index (χ0n) is 7.41. The molecular formula is C7H13N3O3. The van der Waals surface area contributed by atoms with Crippen molar-refractivity contribution in [3.05, 3.63) is 0 Å². The van der Waals surface area contributed by atoms with E-state index in [1.165, 1.54) is 7.05 Å². The third kappa shape index (κ3) is 2.40. The number of carbonyl (C=O) groups excluding carboxylic acids is 2. The second-order valence-corrected chi connectivity index (χ2v) is 2.84. The minimum Gasteiger partial charge on any atom is -0.395 e. The Morgan fingerprint density at radius 1 is 1.69 bits per heavy atom. The molecule has 1 fully saturated rings.